The van der Waals surface area contributed by atoms with Gasteiger partial charge in [0.1, 0.15) is 5.82 Å². The number of nitrogens with zero attached hydrogens (tertiary/aromatic N) is 3. The van der Waals surface area contributed by atoms with Gasteiger partial charge in [-0.2, -0.15) is 5.10 Å². The molecule has 32 heavy (non-hydrogen) atoms. The van der Waals surface area contributed by atoms with E-state index in [-0.39, 0.29) is 17.2 Å². The van der Waals surface area contributed by atoms with E-state index in [0.29, 0.717) is 30.0 Å². The van der Waals surface area contributed by atoms with E-state index in [9.17, 15) is 9.59 Å². The van der Waals surface area contributed by atoms with Gasteiger partial charge in [-0.05, 0) is 57.2 Å². The normalized spacial score (nSPS) is 11.3. The summed E-state index contributed by atoms with van der Waals surface area (Å²) in [6.07, 6.45) is 0. The number of para-hydroxylation sites is 1. The molecule has 6 nitrogen and oxygen atoms in total. The Hall–Kier alpha value is -3.41. The minimum atomic E-state index is -0.243. The molecule has 1 aromatic heterocycles. The summed E-state index contributed by atoms with van der Waals surface area (Å²) in [5.74, 6) is 0.372. The predicted octanol–water partition coefficient (Wildman–Crippen LogP) is 5.21. The van der Waals surface area contributed by atoms with Crippen LogP contribution < -0.4 is 5.32 Å². The molecule has 0 aliphatic rings. The van der Waals surface area contributed by atoms with Gasteiger partial charge in [-0.15, -0.1) is 0 Å². The molecule has 0 fully saturated rings. The summed E-state index contributed by atoms with van der Waals surface area (Å²) in [4.78, 5) is 27.4. The largest absolute Gasteiger partial charge is 0.339 e. The first-order valence-electron chi connectivity index (χ1n) is 11.0. The second-order valence-electron chi connectivity index (χ2n) is 8.83. The molecule has 0 aliphatic carbocycles. The van der Waals surface area contributed by atoms with Crippen LogP contribution in [0.5, 0.6) is 0 Å². The number of aromatic nitrogens is 2. The van der Waals surface area contributed by atoms with Crippen LogP contribution >= 0.6 is 0 Å². The van der Waals surface area contributed by atoms with Crippen LogP contribution in [0.3, 0.4) is 0 Å². The van der Waals surface area contributed by atoms with Gasteiger partial charge in [0.15, 0.2) is 0 Å². The lowest BCUT2D eigenvalue weighted by Gasteiger charge is -2.18. The number of hydrogen-bond donors (Lipinski definition) is 1. The van der Waals surface area contributed by atoms with Crippen LogP contribution in [0.25, 0.3) is 5.69 Å². The van der Waals surface area contributed by atoms with Crippen LogP contribution in [-0.4, -0.2) is 39.6 Å². The van der Waals surface area contributed by atoms with Gasteiger partial charge in [0.2, 0.25) is 0 Å². The quantitative estimate of drug-likeness (QED) is 0.581. The number of amides is 2. The van der Waals surface area contributed by atoms with Crippen molar-refractivity contribution in [1.82, 2.24) is 14.7 Å². The Kier molecular flexibility index (Phi) is 6.82. The molecule has 6 heteroatoms. The first-order valence-corrected chi connectivity index (χ1v) is 11.0. The van der Waals surface area contributed by atoms with Crippen molar-refractivity contribution in [1.29, 1.82) is 0 Å². The summed E-state index contributed by atoms with van der Waals surface area (Å²) in [7, 11) is 0. The van der Waals surface area contributed by atoms with E-state index in [2.05, 4.69) is 26.1 Å². The summed E-state index contributed by atoms with van der Waals surface area (Å²) < 4.78 is 1.78. The van der Waals surface area contributed by atoms with Crippen LogP contribution in [0.1, 0.15) is 66.6 Å². The van der Waals surface area contributed by atoms with Gasteiger partial charge in [-0.1, -0.05) is 39.0 Å². The molecular formula is C26H32N4O2. The van der Waals surface area contributed by atoms with Crippen molar-refractivity contribution >= 4 is 17.6 Å². The highest BCUT2D eigenvalue weighted by Crippen LogP contribution is 2.31. The van der Waals surface area contributed by atoms with Crippen LogP contribution in [0.2, 0.25) is 0 Å². The lowest BCUT2D eigenvalue weighted by molar-refractivity contribution is 0.0772. The van der Waals surface area contributed by atoms with Crippen LogP contribution in [0, 0.1) is 6.92 Å². The maximum atomic E-state index is 13.1. The minimum Gasteiger partial charge on any atom is -0.339 e. The first kappa shape index (κ1) is 23.3. The summed E-state index contributed by atoms with van der Waals surface area (Å²) in [6, 6.07) is 16.6. The molecule has 1 N–H and O–H groups in total. The van der Waals surface area contributed by atoms with Gasteiger partial charge in [-0.3, -0.25) is 9.59 Å². The minimum absolute atomic E-state index is 0.0326. The second-order valence-corrected chi connectivity index (χ2v) is 8.83. The fraction of sp³-hybridized carbons (Fsp3) is 0.346. The Labute approximate surface area is 190 Å². The zero-order valence-electron chi connectivity index (χ0n) is 19.8. The van der Waals surface area contributed by atoms with Crippen molar-refractivity contribution in [3.05, 3.63) is 77.0 Å². The Morgan fingerprint density at radius 2 is 1.50 bits per heavy atom. The molecule has 1 heterocycles. The average molecular weight is 433 g/mol. The molecule has 0 unspecified atom stereocenters. The maximum absolute atomic E-state index is 13.1. The summed E-state index contributed by atoms with van der Waals surface area (Å²) >= 11 is 0. The highest BCUT2D eigenvalue weighted by molar-refractivity contribution is 6.05. The third-order valence-corrected chi connectivity index (χ3v) is 5.51. The smallest absolute Gasteiger partial charge is 0.256 e. The SMILES string of the molecule is CCN(CC)C(=O)c1ccc(C(=O)Nc2c(C)c(C(C)(C)C)nn2-c2ccccc2)cc1. The third-order valence-electron chi connectivity index (χ3n) is 5.51. The number of carbonyl (C=O) groups excluding carboxylic acids is 2. The molecule has 0 saturated carbocycles. The topological polar surface area (TPSA) is 67.2 Å². The number of carbonyl (C=O) groups is 2. The van der Waals surface area contributed by atoms with Gasteiger partial charge in [-0.25, -0.2) is 4.68 Å². The standard InChI is InChI=1S/C26H32N4O2/c1-7-29(8-2)25(32)20-16-14-19(15-17-20)24(31)27-23-18(3)22(26(4,5)6)28-30(23)21-12-10-9-11-13-21/h9-17H,7-8H2,1-6H3,(H,27,31). The van der Waals surface area contributed by atoms with E-state index in [4.69, 9.17) is 5.10 Å². The van der Waals surface area contributed by atoms with Crippen molar-refractivity contribution in [2.24, 2.45) is 0 Å². The Bertz CT molecular complexity index is 1090. The number of nitrogens with one attached hydrogen (secondary N) is 1. The molecule has 0 saturated heterocycles. The predicted molar refractivity (Wildman–Crippen MR) is 129 cm³/mol. The molecule has 0 aliphatic heterocycles. The average Bonchev–Trinajstić information content (AvgIpc) is 3.11. The number of benzene rings is 2. The molecule has 0 radical (unpaired) electrons. The summed E-state index contributed by atoms with van der Waals surface area (Å²) in [5.41, 5.74) is 3.63. The van der Waals surface area contributed by atoms with Gasteiger partial charge in [0.25, 0.3) is 11.8 Å². The van der Waals surface area contributed by atoms with E-state index in [1.165, 1.54) is 0 Å². The molecule has 0 bridgehead atoms. The summed E-state index contributed by atoms with van der Waals surface area (Å²) in [5, 5.41) is 7.87. The van der Waals surface area contributed by atoms with E-state index in [1.54, 1.807) is 33.8 Å². The van der Waals surface area contributed by atoms with Crippen LogP contribution in [0.15, 0.2) is 54.6 Å². The van der Waals surface area contributed by atoms with Crippen LogP contribution in [0.4, 0.5) is 5.82 Å². The summed E-state index contributed by atoms with van der Waals surface area (Å²) in [6.45, 7) is 13.5. The van der Waals surface area contributed by atoms with Gasteiger partial charge in [0.05, 0.1) is 11.4 Å². The molecule has 0 atom stereocenters. The fourth-order valence-electron chi connectivity index (χ4n) is 3.75. The molecule has 3 aromatic rings. The van der Waals surface area contributed by atoms with E-state index < -0.39 is 0 Å². The molecule has 0 spiro atoms. The van der Waals surface area contributed by atoms with Crippen molar-refractivity contribution in [3.8, 4) is 5.69 Å². The van der Waals surface area contributed by atoms with Gasteiger partial charge >= 0.3 is 0 Å². The first-order chi connectivity index (χ1) is 15.2. The molecular weight excluding hydrogens is 400 g/mol. The van der Waals surface area contributed by atoms with Gasteiger partial charge < -0.3 is 10.2 Å². The molecule has 3 rings (SSSR count). The number of hydrogen-bond acceptors (Lipinski definition) is 3. The Balaban J connectivity index is 1.92. The molecule has 2 aromatic carbocycles. The molecule has 168 valence electrons. The van der Waals surface area contributed by atoms with E-state index in [0.717, 1.165) is 16.9 Å². The Morgan fingerprint density at radius 3 is 2.03 bits per heavy atom. The number of rotatable bonds is 6. The second kappa shape index (κ2) is 9.39. The maximum Gasteiger partial charge on any atom is 0.256 e. The van der Waals surface area contributed by atoms with Gasteiger partial charge in [0, 0.05) is 35.2 Å². The van der Waals surface area contributed by atoms with Crippen LogP contribution in [-0.2, 0) is 5.41 Å². The highest BCUT2D eigenvalue weighted by atomic mass is 16.2. The fourth-order valence-corrected chi connectivity index (χ4v) is 3.75. The van der Waals surface area contributed by atoms with Crippen molar-refractivity contribution in [2.75, 3.05) is 18.4 Å². The lowest BCUT2D eigenvalue weighted by Crippen LogP contribution is -2.30. The Morgan fingerprint density at radius 1 is 0.938 bits per heavy atom. The molecule has 2 amide bonds. The van der Waals surface area contributed by atoms with Crippen molar-refractivity contribution in [2.45, 2.75) is 47.0 Å². The zero-order valence-corrected chi connectivity index (χ0v) is 19.8. The van der Waals surface area contributed by atoms with Crippen molar-refractivity contribution in [3.63, 3.8) is 0 Å². The lowest BCUT2D eigenvalue weighted by atomic mass is 9.90. The zero-order chi connectivity index (χ0) is 23.5. The highest BCUT2D eigenvalue weighted by Gasteiger charge is 2.26. The van der Waals surface area contributed by atoms with E-state index >= 15 is 0 Å². The van der Waals surface area contributed by atoms with Crippen molar-refractivity contribution < 1.29 is 9.59 Å². The third kappa shape index (κ3) is 4.74. The number of anilines is 1. The van der Waals surface area contributed by atoms with E-state index in [1.807, 2.05) is 51.1 Å². The monoisotopic (exact) mass is 432 g/mol.